The smallest absolute Gasteiger partial charge is 0.0945 e. The van der Waals surface area contributed by atoms with E-state index in [0.29, 0.717) is 0 Å². The van der Waals surface area contributed by atoms with Crippen LogP contribution < -0.4 is 5.32 Å². The number of imidazole rings is 1. The molecule has 0 radical (unpaired) electrons. The van der Waals surface area contributed by atoms with Crippen LogP contribution in [0, 0.1) is 0 Å². The largest absolute Gasteiger partial charge is 0.337 e. The van der Waals surface area contributed by atoms with Crippen molar-refractivity contribution >= 4 is 0 Å². The van der Waals surface area contributed by atoms with E-state index in [1.54, 1.807) is 0 Å². The maximum Gasteiger partial charge on any atom is 0.0945 e. The van der Waals surface area contributed by atoms with Crippen molar-refractivity contribution in [1.82, 2.24) is 24.6 Å². The van der Waals surface area contributed by atoms with Gasteiger partial charge in [0.05, 0.1) is 12.0 Å². The number of rotatable bonds is 8. The molecular weight excluding hydrogens is 226 g/mol. The summed E-state index contributed by atoms with van der Waals surface area (Å²) >= 11 is 0. The van der Waals surface area contributed by atoms with Gasteiger partial charge in [-0.3, -0.25) is 4.68 Å². The summed E-state index contributed by atoms with van der Waals surface area (Å²) in [6.07, 6.45) is 9.92. The highest BCUT2D eigenvalue weighted by atomic mass is 15.3. The number of aryl methyl sites for hydroxylation is 2. The van der Waals surface area contributed by atoms with E-state index in [-0.39, 0.29) is 0 Å². The molecule has 2 aromatic heterocycles. The van der Waals surface area contributed by atoms with Gasteiger partial charge in [-0.05, 0) is 32.4 Å². The summed E-state index contributed by atoms with van der Waals surface area (Å²) < 4.78 is 4.14. The summed E-state index contributed by atoms with van der Waals surface area (Å²) in [5.41, 5.74) is 1.26. The van der Waals surface area contributed by atoms with Gasteiger partial charge in [-0.2, -0.15) is 5.10 Å². The van der Waals surface area contributed by atoms with E-state index in [0.717, 1.165) is 26.2 Å². The third-order valence-corrected chi connectivity index (χ3v) is 2.99. The number of hydrogen-bond acceptors (Lipinski definition) is 3. The third kappa shape index (κ3) is 3.70. The Balaban J connectivity index is 1.56. The first-order chi connectivity index (χ1) is 8.90. The Labute approximate surface area is 108 Å². The van der Waals surface area contributed by atoms with Gasteiger partial charge in [0.2, 0.25) is 0 Å². The zero-order valence-corrected chi connectivity index (χ0v) is 10.9. The fourth-order valence-electron chi connectivity index (χ4n) is 1.97. The van der Waals surface area contributed by atoms with Gasteiger partial charge in [0.25, 0.3) is 0 Å². The van der Waals surface area contributed by atoms with E-state index in [2.05, 4.69) is 33.0 Å². The Morgan fingerprint density at radius 3 is 3.00 bits per heavy atom. The molecule has 2 heterocycles. The first-order valence-corrected chi connectivity index (χ1v) is 6.57. The lowest BCUT2D eigenvalue weighted by Gasteiger charge is -2.07. The second-order valence-electron chi connectivity index (χ2n) is 4.32. The maximum atomic E-state index is 4.25. The van der Waals surface area contributed by atoms with E-state index >= 15 is 0 Å². The highest BCUT2D eigenvalue weighted by Crippen LogP contribution is 1.99. The Morgan fingerprint density at radius 1 is 1.28 bits per heavy atom. The minimum absolute atomic E-state index is 0.902. The van der Waals surface area contributed by atoms with E-state index in [9.17, 15) is 0 Å². The Kier molecular flexibility index (Phi) is 4.96. The zero-order valence-electron chi connectivity index (χ0n) is 10.9. The molecule has 0 saturated carbocycles. The highest BCUT2D eigenvalue weighted by Gasteiger charge is 1.99. The quantitative estimate of drug-likeness (QED) is 0.722. The van der Waals surface area contributed by atoms with Crippen LogP contribution >= 0.6 is 0 Å². The monoisotopic (exact) mass is 247 g/mol. The lowest BCUT2D eigenvalue weighted by Crippen LogP contribution is -2.18. The molecule has 5 nitrogen and oxygen atoms in total. The Morgan fingerprint density at radius 2 is 2.22 bits per heavy atom. The van der Waals surface area contributed by atoms with Gasteiger partial charge in [-0.1, -0.05) is 0 Å². The van der Waals surface area contributed by atoms with Gasteiger partial charge < -0.3 is 9.88 Å². The first kappa shape index (κ1) is 12.8. The van der Waals surface area contributed by atoms with Gasteiger partial charge in [-0.25, -0.2) is 4.98 Å². The minimum atomic E-state index is 0.902. The van der Waals surface area contributed by atoms with Gasteiger partial charge in [-0.15, -0.1) is 0 Å². The molecule has 0 unspecified atom stereocenters. The fraction of sp³-hybridized carbons (Fsp3) is 0.538. The SMILES string of the molecule is CCn1nccc1CNCCCCn1ccnc1. The molecule has 0 amide bonds. The number of aromatic nitrogens is 4. The molecule has 98 valence electrons. The van der Waals surface area contributed by atoms with E-state index in [4.69, 9.17) is 0 Å². The molecule has 0 atom stereocenters. The molecule has 0 spiro atoms. The number of hydrogen-bond donors (Lipinski definition) is 1. The summed E-state index contributed by atoms with van der Waals surface area (Å²) in [4.78, 5) is 4.03. The Hall–Kier alpha value is -1.62. The summed E-state index contributed by atoms with van der Waals surface area (Å²) in [7, 11) is 0. The van der Waals surface area contributed by atoms with Crippen LogP contribution in [0.3, 0.4) is 0 Å². The molecule has 18 heavy (non-hydrogen) atoms. The van der Waals surface area contributed by atoms with Crippen LogP contribution in [-0.4, -0.2) is 25.9 Å². The third-order valence-electron chi connectivity index (χ3n) is 2.99. The molecule has 2 aromatic rings. The predicted octanol–water partition coefficient (Wildman–Crippen LogP) is 1.67. The molecule has 2 rings (SSSR count). The zero-order chi connectivity index (χ0) is 12.6. The molecule has 0 aliphatic carbocycles. The summed E-state index contributed by atoms with van der Waals surface area (Å²) in [6.45, 7) is 6.04. The number of nitrogens with one attached hydrogen (secondary N) is 1. The lowest BCUT2D eigenvalue weighted by molar-refractivity contribution is 0.544. The van der Waals surface area contributed by atoms with Crippen LogP contribution in [0.25, 0.3) is 0 Å². The molecule has 0 saturated heterocycles. The second-order valence-corrected chi connectivity index (χ2v) is 4.32. The van der Waals surface area contributed by atoms with Crippen LogP contribution in [0.4, 0.5) is 0 Å². The average Bonchev–Trinajstić information content (AvgIpc) is 3.04. The summed E-state index contributed by atoms with van der Waals surface area (Å²) in [5, 5.41) is 7.71. The van der Waals surface area contributed by atoms with Crippen LogP contribution in [0.2, 0.25) is 0 Å². The molecule has 0 fully saturated rings. The van der Waals surface area contributed by atoms with Crippen molar-refractivity contribution in [2.45, 2.75) is 39.4 Å². The van der Waals surface area contributed by atoms with Gasteiger partial charge in [0.1, 0.15) is 0 Å². The topological polar surface area (TPSA) is 47.7 Å². The second kappa shape index (κ2) is 6.96. The van der Waals surface area contributed by atoms with Crippen molar-refractivity contribution in [1.29, 1.82) is 0 Å². The fourth-order valence-corrected chi connectivity index (χ4v) is 1.97. The minimum Gasteiger partial charge on any atom is -0.337 e. The molecular formula is C13H21N5. The molecule has 0 aliphatic heterocycles. The van der Waals surface area contributed by atoms with Crippen LogP contribution in [0.1, 0.15) is 25.5 Å². The number of nitrogens with zero attached hydrogens (tertiary/aromatic N) is 4. The van der Waals surface area contributed by atoms with Gasteiger partial charge in [0.15, 0.2) is 0 Å². The van der Waals surface area contributed by atoms with Crippen molar-refractivity contribution < 1.29 is 0 Å². The normalized spacial score (nSPS) is 10.9. The molecule has 1 N–H and O–H groups in total. The van der Waals surface area contributed by atoms with Gasteiger partial charge in [0, 0.05) is 38.2 Å². The first-order valence-electron chi connectivity index (χ1n) is 6.57. The lowest BCUT2D eigenvalue weighted by atomic mass is 10.3. The van der Waals surface area contributed by atoms with E-state index in [1.165, 1.54) is 18.5 Å². The van der Waals surface area contributed by atoms with Crippen LogP contribution in [-0.2, 0) is 19.6 Å². The van der Waals surface area contributed by atoms with Crippen molar-refractivity contribution in [3.8, 4) is 0 Å². The van der Waals surface area contributed by atoms with Crippen molar-refractivity contribution in [3.05, 3.63) is 36.7 Å². The number of unbranched alkanes of at least 4 members (excludes halogenated alkanes) is 1. The Bertz CT molecular complexity index is 432. The molecule has 5 heteroatoms. The van der Waals surface area contributed by atoms with E-state index < -0.39 is 0 Å². The van der Waals surface area contributed by atoms with Crippen molar-refractivity contribution in [3.63, 3.8) is 0 Å². The molecule has 0 aliphatic rings. The van der Waals surface area contributed by atoms with Crippen LogP contribution in [0.5, 0.6) is 0 Å². The maximum absolute atomic E-state index is 4.25. The predicted molar refractivity (Wildman–Crippen MR) is 71.1 cm³/mol. The standard InChI is InChI=1S/C13H21N5/c1-2-18-13(5-7-16-18)11-14-6-3-4-9-17-10-8-15-12-17/h5,7-8,10,12,14H,2-4,6,9,11H2,1H3. The van der Waals surface area contributed by atoms with E-state index in [1.807, 2.05) is 29.6 Å². The average molecular weight is 247 g/mol. The van der Waals surface area contributed by atoms with Crippen molar-refractivity contribution in [2.24, 2.45) is 0 Å². The molecule has 0 aromatic carbocycles. The molecule has 0 bridgehead atoms. The van der Waals surface area contributed by atoms with Crippen LogP contribution in [0.15, 0.2) is 31.0 Å². The van der Waals surface area contributed by atoms with Gasteiger partial charge >= 0.3 is 0 Å². The summed E-state index contributed by atoms with van der Waals surface area (Å²) in [6, 6.07) is 2.07. The summed E-state index contributed by atoms with van der Waals surface area (Å²) in [5.74, 6) is 0. The van der Waals surface area contributed by atoms with Crippen molar-refractivity contribution in [2.75, 3.05) is 6.54 Å². The highest BCUT2D eigenvalue weighted by molar-refractivity contribution is 4.99.